The van der Waals surface area contributed by atoms with Crippen molar-refractivity contribution >= 4 is 52.3 Å². The molecule has 0 fully saturated rings. The summed E-state index contributed by atoms with van der Waals surface area (Å²) in [6.45, 7) is 7.92. The number of benzene rings is 1. The molecule has 0 unspecified atom stereocenters. The Balaban J connectivity index is 0.000000227. The van der Waals surface area contributed by atoms with Crippen LogP contribution in [0.4, 0.5) is 14.5 Å². The normalized spacial score (nSPS) is 13.0. The van der Waals surface area contributed by atoms with Gasteiger partial charge in [-0.1, -0.05) is 12.1 Å². The average Bonchev–Trinajstić information content (AvgIpc) is 3.42. The highest BCUT2D eigenvalue weighted by Gasteiger charge is 2.08. The molecule has 9 heteroatoms. The highest BCUT2D eigenvalue weighted by Crippen LogP contribution is 2.19. The van der Waals surface area contributed by atoms with Crippen LogP contribution in [0, 0.1) is 45.0 Å². The molecule has 1 aromatic carbocycles. The highest BCUT2D eigenvalue weighted by molar-refractivity contribution is 14.1. The number of nitrogens with two attached hydrogens (primary N) is 2. The summed E-state index contributed by atoms with van der Waals surface area (Å²) in [5.74, 6) is 0.595. The summed E-state index contributed by atoms with van der Waals surface area (Å²) < 4.78 is 30.1. The largest absolute Gasteiger partial charge is 0.385 e. The maximum Gasteiger partial charge on any atom is 0.253 e. The first kappa shape index (κ1) is 31.1. The summed E-state index contributed by atoms with van der Waals surface area (Å²) in [4.78, 5) is 4.05. The molecule has 0 spiro atoms. The molecule has 0 saturated heterocycles. The van der Waals surface area contributed by atoms with E-state index in [4.69, 9.17) is 16.9 Å². The summed E-state index contributed by atoms with van der Waals surface area (Å²) in [6, 6.07) is 14.3. The maximum atomic E-state index is 13.3. The Kier molecular flexibility index (Phi) is 12.3. The van der Waals surface area contributed by atoms with E-state index in [0.717, 1.165) is 22.8 Å². The van der Waals surface area contributed by atoms with Crippen molar-refractivity contribution in [2.24, 2.45) is 16.5 Å². The number of nitrogens with one attached hydrogen (secondary N) is 1. The van der Waals surface area contributed by atoms with Crippen molar-refractivity contribution in [1.29, 1.82) is 5.41 Å². The number of hydrogen-bond donors (Lipinski definition) is 3. The minimum absolute atomic E-state index is 0.201. The van der Waals surface area contributed by atoms with Crippen LogP contribution in [0.1, 0.15) is 22.8 Å². The third kappa shape index (κ3) is 9.31. The van der Waals surface area contributed by atoms with Crippen molar-refractivity contribution < 1.29 is 8.78 Å². The third-order valence-electron chi connectivity index (χ3n) is 5.39. The number of allylic oxidation sites excluding steroid dienone is 8. The van der Waals surface area contributed by atoms with Gasteiger partial charge in [-0.25, -0.2) is 4.39 Å². The first-order valence-corrected chi connectivity index (χ1v) is 13.0. The number of aromatic nitrogens is 2. The molecule has 4 rings (SSSR count). The fourth-order valence-electron chi connectivity index (χ4n) is 3.53. The molecule has 202 valence electrons. The van der Waals surface area contributed by atoms with Crippen LogP contribution in [0.15, 0.2) is 93.3 Å². The smallest absolute Gasteiger partial charge is 0.253 e. The molecule has 39 heavy (non-hydrogen) atoms. The Morgan fingerprint density at radius 2 is 1.38 bits per heavy atom. The number of hydrogen-bond acceptors (Lipinski definition) is 4. The number of para-hydroxylation sites is 1. The predicted molar refractivity (Wildman–Crippen MR) is 167 cm³/mol. The Morgan fingerprint density at radius 3 is 1.82 bits per heavy atom. The number of nitrogens with zero attached hydrogens (tertiary/aromatic N) is 3. The fourth-order valence-corrected chi connectivity index (χ4v) is 3.86. The summed E-state index contributed by atoms with van der Waals surface area (Å²) in [6.07, 6.45) is 13.2. The molecule has 0 bridgehead atoms. The summed E-state index contributed by atoms with van der Waals surface area (Å²) in [7, 11) is 0. The van der Waals surface area contributed by atoms with E-state index in [1.807, 2.05) is 83.7 Å². The molecule has 0 atom stereocenters. The van der Waals surface area contributed by atoms with E-state index in [-0.39, 0.29) is 11.6 Å². The van der Waals surface area contributed by atoms with Crippen LogP contribution in [-0.2, 0) is 0 Å². The highest BCUT2D eigenvalue weighted by atomic mass is 127. The van der Waals surface area contributed by atoms with Gasteiger partial charge in [-0.3, -0.25) is 4.99 Å². The standard InChI is InChI=1S/C15H16FN3.C9H13N3.C6H3FI/c1-11-7-8-12(2)19(11)15(17)9-10-18-14-6-4-3-5-13(14)16;1-7-3-4-8(2)12(7)9(11)5-6-10;7-5-3-1-2-4-6(5)8/h3-10H,17H2,1-2H3;3-6,10H,11H2,1-2H3;2-4H/q;;+1. The molecule has 1 aliphatic rings. The zero-order chi connectivity index (χ0) is 28.9. The monoisotopic (exact) mass is 641 g/mol. The molecule has 0 saturated carbocycles. The first-order valence-electron chi connectivity index (χ1n) is 11.9. The topological polar surface area (TPSA) is 98.1 Å². The van der Waals surface area contributed by atoms with Crippen LogP contribution in [-0.4, -0.2) is 21.6 Å². The van der Waals surface area contributed by atoms with Gasteiger partial charge in [0.1, 0.15) is 29.6 Å². The quantitative estimate of drug-likeness (QED) is 0.153. The van der Waals surface area contributed by atoms with Crippen LogP contribution in [0.25, 0.3) is 11.6 Å². The molecule has 3 aromatic rings. The summed E-state index contributed by atoms with van der Waals surface area (Å²) in [5.41, 5.74) is 16.3. The predicted octanol–water partition coefficient (Wildman–Crippen LogP) is 7.45. The zero-order valence-electron chi connectivity index (χ0n) is 22.3. The lowest BCUT2D eigenvalue weighted by molar-refractivity contribution is 0.630. The van der Waals surface area contributed by atoms with Gasteiger partial charge in [0, 0.05) is 41.3 Å². The van der Waals surface area contributed by atoms with E-state index in [9.17, 15) is 8.78 Å². The number of aryl methyl sites for hydroxylation is 4. The summed E-state index contributed by atoms with van der Waals surface area (Å²) in [5, 5.41) is 6.88. The van der Waals surface area contributed by atoms with Gasteiger partial charge in [0.2, 0.25) is 0 Å². The van der Waals surface area contributed by atoms with Crippen LogP contribution >= 0.6 is 22.6 Å². The van der Waals surface area contributed by atoms with Crippen molar-refractivity contribution in [2.45, 2.75) is 27.7 Å². The van der Waals surface area contributed by atoms with Crippen LogP contribution in [0.2, 0.25) is 0 Å². The zero-order valence-corrected chi connectivity index (χ0v) is 24.4. The molecule has 0 radical (unpaired) electrons. The SMILES string of the molecule is Cc1ccc(C)n1C(N)=CC=N.Cc1ccc(C)n1C(N)=CC=Nc1ccccc1F.FC1=C(I)C=C[C+]=C1. The molecule has 0 amide bonds. The number of halogens is 3. The lowest BCUT2D eigenvalue weighted by Crippen LogP contribution is -2.09. The van der Waals surface area contributed by atoms with Crippen LogP contribution in [0.5, 0.6) is 0 Å². The molecule has 5 N–H and O–H groups in total. The van der Waals surface area contributed by atoms with Crippen LogP contribution in [0.3, 0.4) is 0 Å². The van der Waals surface area contributed by atoms with Gasteiger partial charge < -0.3 is 26.0 Å². The van der Waals surface area contributed by atoms with Crippen molar-refractivity contribution in [1.82, 2.24) is 9.13 Å². The van der Waals surface area contributed by atoms with Crippen LogP contribution < -0.4 is 11.5 Å². The molecule has 1 aliphatic carbocycles. The van der Waals surface area contributed by atoms with Gasteiger partial charge in [-0.2, -0.15) is 0 Å². The lowest BCUT2D eigenvalue weighted by Gasteiger charge is -2.07. The molecule has 2 heterocycles. The van der Waals surface area contributed by atoms with E-state index < -0.39 is 0 Å². The minimum Gasteiger partial charge on any atom is -0.385 e. The molecule has 0 aliphatic heterocycles. The van der Waals surface area contributed by atoms with Crippen molar-refractivity contribution in [3.8, 4) is 0 Å². The van der Waals surface area contributed by atoms with E-state index in [2.05, 4.69) is 11.1 Å². The second-order valence-electron chi connectivity index (χ2n) is 8.32. The summed E-state index contributed by atoms with van der Waals surface area (Å²) >= 11 is 1.93. The van der Waals surface area contributed by atoms with Gasteiger partial charge in [-0.05, 0) is 98.8 Å². The van der Waals surface area contributed by atoms with E-state index >= 15 is 0 Å². The molecular weight excluding hydrogens is 609 g/mol. The van der Waals surface area contributed by atoms with Crippen molar-refractivity contribution in [3.63, 3.8) is 0 Å². The molecule has 2 aromatic heterocycles. The van der Waals surface area contributed by atoms with Crippen molar-refractivity contribution in [2.75, 3.05) is 0 Å². The van der Waals surface area contributed by atoms with E-state index in [0.29, 0.717) is 20.9 Å². The van der Waals surface area contributed by atoms with Gasteiger partial charge in [0.15, 0.2) is 3.58 Å². The maximum absolute atomic E-state index is 13.3. The average molecular weight is 642 g/mol. The van der Waals surface area contributed by atoms with Gasteiger partial charge >= 0.3 is 0 Å². The van der Waals surface area contributed by atoms with Gasteiger partial charge in [0.25, 0.3) is 5.83 Å². The second kappa shape index (κ2) is 15.4. The molecular formula is C30H32F2IN6+. The number of rotatable bonds is 5. The van der Waals surface area contributed by atoms with E-state index in [1.54, 1.807) is 42.5 Å². The van der Waals surface area contributed by atoms with E-state index in [1.165, 1.54) is 24.6 Å². The van der Waals surface area contributed by atoms with Gasteiger partial charge in [0.05, 0.1) is 11.8 Å². The Labute approximate surface area is 242 Å². The van der Waals surface area contributed by atoms with Crippen molar-refractivity contribution in [3.05, 3.63) is 123 Å². The molecule has 6 nitrogen and oxygen atoms in total. The number of aliphatic imine (C=N–C) groups is 1. The third-order valence-corrected chi connectivity index (χ3v) is 6.26. The Hall–Kier alpha value is -4.08. The fraction of sp³-hybridized carbons (Fsp3) is 0.133. The Morgan fingerprint density at radius 1 is 0.872 bits per heavy atom. The minimum atomic E-state index is -0.348. The second-order valence-corrected chi connectivity index (χ2v) is 9.48. The van der Waals surface area contributed by atoms with Gasteiger partial charge in [-0.15, -0.1) is 4.39 Å². The Bertz CT molecular complexity index is 1410. The first-order chi connectivity index (χ1) is 18.6. The lowest BCUT2D eigenvalue weighted by atomic mass is 10.3.